The highest BCUT2D eigenvalue weighted by Crippen LogP contribution is 2.33. The van der Waals surface area contributed by atoms with E-state index in [2.05, 4.69) is 0 Å². The number of aliphatic hydroxyl groups is 1. The highest BCUT2D eigenvalue weighted by atomic mass is 16.5. The van der Waals surface area contributed by atoms with Gasteiger partial charge in [-0.05, 0) is 24.0 Å². The predicted octanol–water partition coefficient (Wildman–Crippen LogP) is 2.38. The number of nitrogens with zero attached hydrogens (tertiary/aromatic N) is 3. The van der Waals surface area contributed by atoms with Gasteiger partial charge in [0.1, 0.15) is 17.7 Å². The van der Waals surface area contributed by atoms with Crippen LogP contribution in [0.15, 0.2) is 76.4 Å². The Balaban J connectivity index is 1.54. The summed E-state index contributed by atoms with van der Waals surface area (Å²) in [6.07, 6.45) is 1.50. The topological polar surface area (TPSA) is 97.2 Å². The van der Waals surface area contributed by atoms with Gasteiger partial charge in [-0.2, -0.15) is 5.26 Å². The first-order chi connectivity index (χ1) is 15.1. The van der Waals surface area contributed by atoms with Crippen LogP contribution in [0.2, 0.25) is 0 Å². The molecule has 1 atom stereocenters. The van der Waals surface area contributed by atoms with Crippen molar-refractivity contribution in [2.75, 3.05) is 6.61 Å². The van der Waals surface area contributed by atoms with E-state index in [0.717, 1.165) is 28.5 Å². The van der Waals surface area contributed by atoms with E-state index in [4.69, 9.17) is 4.74 Å². The number of benzene rings is 2. The number of hydrogen-bond donors (Lipinski definition) is 1. The fraction of sp³-hybridized carbons (Fsp3) is 0.292. The predicted molar refractivity (Wildman–Crippen MR) is 115 cm³/mol. The van der Waals surface area contributed by atoms with Crippen LogP contribution in [0.25, 0.3) is 0 Å². The minimum atomic E-state index is -1.10. The van der Waals surface area contributed by atoms with Crippen molar-refractivity contribution in [2.24, 2.45) is 0 Å². The van der Waals surface area contributed by atoms with Gasteiger partial charge >= 0.3 is 5.69 Å². The molecular weight excluding hydrogens is 394 g/mol. The molecule has 0 aliphatic heterocycles. The third-order valence-corrected chi connectivity index (χ3v) is 5.31. The lowest BCUT2D eigenvalue weighted by Crippen LogP contribution is -2.43. The van der Waals surface area contributed by atoms with Crippen molar-refractivity contribution < 1.29 is 9.84 Å². The summed E-state index contributed by atoms with van der Waals surface area (Å²) >= 11 is 0. The summed E-state index contributed by atoms with van der Waals surface area (Å²) < 4.78 is 8.39. The van der Waals surface area contributed by atoms with Crippen LogP contribution in [0.1, 0.15) is 41.7 Å². The van der Waals surface area contributed by atoms with Crippen LogP contribution < -0.4 is 11.2 Å². The van der Waals surface area contributed by atoms with Gasteiger partial charge in [0.05, 0.1) is 19.3 Å². The Labute approximate surface area is 179 Å². The summed E-state index contributed by atoms with van der Waals surface area (Å²) in [7, 11) is 0. The molecule has 4 rings (SSSR count). The molecule has 1 aliphatic carbocycles. The second-order valence-electron chi connectivity index (χ2n) is 7.68. The zero-order valence-corrected chi connectivity index (χ0v) is 16.9. The lowest BCUT2D eigenvalue weighted by atomic mass is 10.0. The monoisotopic (exact) mass is 417 g/mol. The van der Waals surface area contributed by atoms with Gasteiger partial charge in [0.2, 0.25) is 0 Å². The van der Waals surface area contributed by atoms with E-state index in [1.807, 2.05) is 66.7 Å². The van der Waals surface area contributed by atoms with Crippen molar-refractivity contribution >= 4 is 0 Å². The van der Waals surface area contributed by atoms with Gasteiger partial charge in [-0.1, -0.05) is 60.7 Å². The summed E-state index contributed by atoms with van der Waals surface area (Å²) in [6, 6.07) is 21.1. The molecule has 0 radical (unpaired) electrons. The maximum Gasteiger partial charge on any atom is 0.331 e. The molecule has 0 saturated heterocycles. The van der Waals surface area contributed by atoms with Crippen molar-refractivity contribution in [2.45, 2.75) is 37.6 Å². The number of nitriles is 1. The van der Waals surface area contributed by atoms with E-state index in [9.17, 15) is 20.0 Å². The second kappa shape index (κ2) is 9.13. The molecule has 0 amide bonds. The summed E-state index contributed by atoms with van der Waals surface area (Å²) in [5.74, 6) is 0. The molecule has 7 heteroatoms. The number of rotatable bonds is 8. The molecule has 1 aromatic heterocycles. The molecule has 2 aromatic carbocycles. The lowest BCUT2D eigenvalue weighted by Gasteiger charge is -2.21. The molecule has 1 unspecified atom stereocenters. The highest BCUT2D eigenvalue weighted by molar-refractivity contribution is 5.30. The number of ether oxygens (including phenoxy) is 1. The Bertz CT molecular complexity index is 1150. The van der Waals surface area contributed by atoms with Crippen LogP contribution in [-0.2, 0) is 11.3 Å². The second-order valence-corrected chi connectivity index (χ2v) is 7.68. The maximum absolute atomic E-state index is 12.7. The Kier molecular flexibility index (Phi) is 6.12. The van der Waals surface area contributed by atoms with Crippen molar-refractivity contribution in [3.63, 3.8) is 0 Å². The molecule has 31 heavy (non-hydrogen) atoms. The van der Waals surface area contributed by atoms with Gasteiger partial charge in [0.15, 0.2) is 0 Å². The average Bonchev–Trinajstić information content (AvgIpc) is 3.64. The molecule has 1 aliphatic rings. The average molecular weight is 417 g/mol. The third-order valence-electron chi connectivity index (χ3n) is 5.31. The van der Waals surface area contributed by atoms with E-state index in [0.29, 0.717) is 0 Å². The molecule has 158 valence electrons. The maximum atomic E-state index is 12.7. The molecule has 3 aromatic rings. The zero-order valence-electron chi connectivity index (χ0n) is 16.9. The molecule has 0 spiro atoms. The van der Waals surface area contributed by atoms with Gasteiger partial charge < -0.3 is 9.84 Å². The third kappa shape index (κ3) is 4.66. The van der Waals surface area contributed by atoms with E-state index in [-0.39, 0.29) is 24.8 Å². The largest absolute Gasteiger partial charge is 0.389 e. The molecule has 7 nitrogen and oxygen atoms in total. The number of aromatic nitrogens is 2. The normalized spacial score (nSPS) is 14.4. The van der Waals surface area contributed by atoms with E-state index in [1.54, 1.807) is 0 Å². The van der Waals surface area contributed by atoms with Crippen molar-refractivity contribution in [3.8, 4) is 6.07 Å². The first-order valence-electron chi connectivity index (χ1n) is 10.2. The standard InChI is InChI=1S/C24H23N3O4/c25-13-19-14-26(20-11-12-20)24(30)27(23(19)29)15-21(28)16-31-22(17-7-3-1-4-8-17)18-9-5-2-6-10-18/h1-10,14,20-22,28H,11-12,15-16H2. The van der Waals surface area contributed by atoms with Crippen molar-refractivity contribution in [1.82, 2.24) is 9.13 Å². The van der Waals surface area contributed by atoms with Gasteiger partial charge in [-0.15, -0.1) is 0 Å². The minimum absolute atomic E-state index is 0.0142. The van der Waals surface area contributed by atoms with Crippen LogP contribution >= 0.6 is 0 Å². The molecule has 1 heterocycles. The SMILES string of the molecule is N#Cc1cn(C2CC2)c(=O)n(CC(O)COC(c2ccccc2)c2ccccc2)c1=O. The van der Waals surface area contributed by atoms with E-state index < -0.39 is 23.5 Å². The summed E-state index contributed by atoms with van der Waals surface area (Å²) in [4.78, 5) is 25.2. The molecule has 1 saturated carbocycles. The van der Waals surface area contributed by atoms with Gasteiger partial charge in [0, 0.05) is 12.2 Å². The fourth-order valence-corrected chi connectivity index (χ4v) is 3.58. The first kappa shape index (κ1) is 20.8. The van der Waals surface area contributed by atoms with Crippen LogP contribution in [0.4, 0.5) is 0 Å². The Morgan fingerprint density at radius 1 is 1.03 bits per heavy atom. The van der Waals surface area contributed by atoms with Crippen LogP contribution in [0.3, 0.4) is 0 Å². The number of hydrogen-bond acceptors (Lipinski definition) is 5. The Morgan fingerprint density at radius 3 is 2.13 bits per heavy atom. The Hall–Kier alpha value is -3.47. The van der Waals surface area contributed by atoms with Crippen LogP contribution in [-0.4, -0.2) is 27.0 Å². The van der Waals surface area contributed by atoms with E-state index >= 15 is 0 Å². The molecule has 1 fully saturated rings. The zero-order chi connectivity index (χ0) is 21.8. The smallest absolute Gasteiger partial charge is 0.331 e. The van der Waals surface area contributed by atoms with Crippen LogP contribution in [0.5, 0.6) is 0 Å². The first-order valence-corrected chi connectivity index (χ1v) is 10.2. The lowest BCUT2D eigenvalue weighted by molar-refractivity contribution is -0.00158. The van der Waals surface area contributed by atoms with E-state index in [1.165, 1.54) is 10.8 Å². The van der Waals surface area contributed by atoms with Crippen LogP contribution in [0, 0.1) is 11.3 Å². The highest BCUT2D eigenvalue weighted by Gasteiger charge is 2.27. The fourth-order valence-electron chi connectivity index (χ4n) is 3.58. The van der Waals surface area contributed by atoms with Crippen molar-refractivity contribution in [1.29, 1.82) is 5.26 Å². The summed E-state index contributed by atoms with van der Waals surface area (Å²) in [5.41, 5.74) is 0.562. The summed E-state index contributed by atoms with van der Waals surface area (Å²) in [6.45, 7) is -0.323. The molecule has 1 N–H and O–H groups in total. The minimum Gasteiger partial charge on any atom is -0.389 e. The molecular formula is C24H23N3O4. The van der Waals surface area contributed by atoms with Gasteiger partial charge in [0.25, 0.3) is 5.56 Å². The number of aliphatic hydroxyl groups excluding tert-OH is 1. The van der Waals surface area contributed by atoms with Gasteiger partial charge in [-0.25, -0.2) is 4.79 Å². The Morgan fingerprint density at radius 2 is 1.61 bits per heavy atom. The molecule has 0 bridgehead atoms. The summed E-state index contributed by atoms with van der Waals surface area (Å²) in [5, 5.41) is 19.8. The van der Waals surface area contributed by atoms with Crippen molar-refractivity contribution in [3.05, 3.63) is 104 Å². The quantitative estimate of drug-likeness (QED) is 0.607. The van der Waals surface area contributed by atoms with Gasteiger partial charge in [-0.3, -0.25) is 13.9 Å².